The smallest absolute Gasteiger partial charge is 0.00743 e. The second-order valence-electron chi connectivity index (χ2n) is 7.30. The van der Waals surface area contributed by atoms with Crippen LogP contribution < -0.4 is 0 Å². The Morgan fingerprint density at radius 2 is 1.05 bits per heavy atom. The lowest BCUT2D eigenvalue weighted by Crippen LogP contribution is -2.19. The molecule has 0 atom stereocenters. The minimum absolute atomic E-state index is 0.310. The van der Waals surface area contributed by atoms with Crippen LogP contribution in [0.15, 0.2) is 0 Å². The first-order chi connectivity index (χ1) is 10.1. The standard InChI is InChI=1S/C15H28.C3H8.CH2I2/c1-12-3-7-14(8-4-12)11-15-9-5-13(2)6-10-15;2*1-3-2/h12-15H,3-11H2,1-2H3;3H2,1-2H3;1H2. The molecule has 0 aromatic heterocycles. The molecule has 0 nitrogen and oxygen atoms in total. The molecule has 0 saturated heterocycles. The molecule has 2 rings (SSSR count). The van der Waals surface area contributed by atoms with Gasteiger partial charge in [-0.3, -0.25) is 0 Å². The van der Waals surface area contributed by atoms with E-state index < -0.39 is 0 Å². The number of hydrogen-bond acceptors (Lipinski definition) is 0. The van der Waals surface area contributed by atoms with Gasteiger partial charge in [0.1, 0.15) is 0 Å². The van der Waals surface area contributed by atoms with Gasteiger partial charge in [0, 0.05) is 0 Å². The molecule has 0 aromatic carbocycles. The molecule has 128 valence electrons. The molecule has 0 aliphatic heterocycles. The number of hydrogen-bond donors (Lipinski definition) is 0. The fraction of sp³-hybridized carbons (Fsp3) is 0.947. The minimum Gasteiger partial charge on any atom is -0.0656 e. The predicted octanol–water partition coefficient (Wildman–Crippen LogP) is 8.18. The number of rotatable bonds is 2. The molecular formula is C19H38I2. The molecule has 2 aliphatic rings. The maximum Gasteiger partial charge on any atom is -0.00743 e. The molecular weight excluding hydrogens is 482 g/mol. The summed E-state index contributed by atoms with van der Waals surface area (Å²) in [5.74, 6) is 4.24. The Hall–Kier alpha value is 1.33. The van der Waals surface area contributed by atoms with Gasteiger partial charge in [0.2, 0.25) is 0 Å². The van der Waals surface area contributed by atoms with E-state index in [1.807, 2.05) is 0 Å². The van der Waals surface area contributed by atoms with Crippen LogP contribution in [0.3, 0.4) is 0 Å². The van der Waals surface area contributed by atoms with Gasteiger partial charge in [0.15, 0.2) is 0 Å². The van der Waals surface area contributed by atoms with Crippen LogP contribution in [0.4, 0.5) is 0 Å². The highest BCUT2D eigenvalue weighted by Crippen LogP contribution is 2.37. The zero-order valence-corrected chi connectivity index (χ0v) is 19.2. The molecule has 2 saturated carbocycles. The third-order valence-corrected chi connectivity index (χ3v) is 4.94. The van der Waals surface area contributed by atoms with E-state index >= 15 is 0 Å². The van der Waals surface area contributed by atoms with Crippen LogP contribution in [0, 0.1) is 23.7 Å². The Labute approximate surface area is 154 Å². The summed E-state index contributed by atoms with van der Waals surface area (Å²) in [7, 11) is 0. The highest BCUT2D eigenvalue weighted by molar-refractivity contribution is 15.0. The first-order valence-corrected chi connectivity index (χ1v) is 16.9. The molecule has 21 heavy (non-hydrogen) atoms. The monoisotopic (exact) mass is 520 g/mol. The Balaban J connectivity index is 0.000000578. The summed E-state index contributed by atoms with van der Waals surface area (Å²) in [6, 6.07) is 0. The SMILES string of the molecule is C=II.CC1CCC(CC2CCC(C)CC2)CC1.CCC. The summed E-state index contributed by atoms with van der Waals surface area (Å²) in [6.45, 7) is 9.11. The summed E-state index contributed by atoms with van der Waals surface area (Å²) >= 11 is 2.60. The van der Waals surface area contributed by atoms with Gasteiger partial charge >= 0.3 is 0 Å². The van der Waals surface area contributed by atoms with Gasteiger partial charge in [-0.15, -0.1) is 0 Å². The molecule has 2 fully saturated rings. The summed E-state index contributed by atoms with van der Waals surface area (Å²) in [6.07, 6.45) is 15.0. The molecule has 0 radical (unpaired) electrons. The van der Waals surface area contributed by atoms with Crippen molar-refractivity contribution in [2.75, 3.05) is 0 Å². The third-order valence-electron chi connectivity index (χ3n) is 4.94. The third kappa shape index (κ3) is 12.4. The van der Waals surface area contributed by atoms with Crippen molar-refractivity contribution < 1.29 is 0 Å². The molecule has 0 spiro atoms. The topological polar surface area (TPSA) is 0 Å². The maximum absolute atomic E-state index is 3.58. The second-order valence-corrected chi connectivity index (χ2v) is 11.7. The van der Waals surface area contributed by atoms with Gasteiger partial charge in [0.05, 0.1) is 0 Å². The average Bonchev–Trinajstić information content (AvgIpc) is 2.46. The van der Waals surface area contributed by atoms with E-state index in [1.165, 1.54) is 57.8 Å². The lowest BCUT2D eigenvalue weighted by Gasteiger charge is -2.32. The normalized spacial score (nSPS) is 32.2. The first-order valence-electron chi connectivity index (χ1n) is 9.06. The molecule has 0 amide bonds. The molecule has 0 unspecified atom stereocenters. The van der Waals surface area contributed by atoms with E-state index in [0.717, 1.165) is 23.7 Å². The van der Waals surface area contributed by atoms with Gasteiger partial charge < -0.3 is 0 Å². The van der Waals surface area contributed by atoms with Crippen molar-refractivity contribution in [3.63, 3.8) is 0 Å². The first kappa shape index (κ1) is 22.3. The number of halogens is 2. The summed E-state index contributed by atoms with van der Waals surface area (Å²) in [5, 5.41) is 0. The van der Waals surface area contributed by atoms with Crippen LogP contribution >= 0.6 is 35.4 Å². The minimum atomic E-state index is 0.310. The largest absolute Gasteiger partial charge is 0.0656 e. The molecule has 2 aliphatic carbocycles. The highest BCUT2D eigenvalue weighted by Gasteiger charge is 2.24. The fourth-order valence-electron chi connectivity index (χ4n) is 3.60. The van der Waals surface area contributed by atoms with Gasteiger partial charge in [-0.25, -0.2) is 0 Å². The van der Waals surface area contributed by atoms with Crippen LogP contribution in [-0.4, -0.2) is 4.51 Å². The Kier molecular flexibility index (Phi) is 15.8. The summed E-state index contributed by atoms with van der Waals surface area (Å²) in [4.78, 5) is 0. The van der Waals surface area contributed by atoms with E-state index in [2.05, 4.69) is 50.8 Å². The van der Waals surface area contributed by atoms with Crippen LogP contribution in [-0.2, 0) is 0 Å². The zero-order valence-electron chi connectivity index (χ0n) is 14.8. The summed E-state index contributed by atoms with van der Waals surface area (Å²) < 4.78 is 3.58. The van der Waals surface area contributed by atoms with E-state index in [4.69, 9.17) is 0 Å². The lowest BCUT2D eigenvalue weighted by atomic mass is 9.74. The van der Waals surface area contributed by atoms with Crippen LogP contribution in [0.5, 0.6) is 0 Å². The molecule has 0 bridgehead atoms. The van der Waals surface area contributed by atoms with Crippen molar-refractivity contribution in [1.82, 2.24) is 0 Å². The van der Waals surface area contributed by atoms with Crippen molar-refractivity contribution in [3.05, 3.63) is 0 Å². The van der Waals surface area contributed by atoms with Crippen LogP contribution in [0.1, 0.15) is 91.9 Å². The molecule has 0 N–H and O–H groups in total. The van der Waals surface area contributed by atoms with Crippen molar-refractivity contribution >= 4 is 39.9 Å². The van der Waals surface area contributed by atoms with Gasteiger partial charge in [-0.1, -0.05) is 107 Å². The fourth-order valence-corrected chi connectivity index (χ4v) is 3.60. The maximum atomic E-state index is 3.58. The summed E-state index contributed by atoms with van der Waals surface area (Å²) in [5.41, 5.74) is 0. The van der Waals surface area contributed by atoms with Crippen molar-refractivity contribution in [3.8, 4) is 0 Å². The van der Waals surface area contributed by atoms with Crippen molar-refractivity contribution in [2.45, 2.75) is 91.9 Å². The quantitative estimate of drug-likeness (QED) is 0.322. The van der Waals surface area contributed by atoms with E-state index in [1.54, 1.807) is 6.42 Å². The van der Waals surface area contributed by atoms with Gasteiger partial charge in [-0.05, 0) is 48.7 Å². The molecule has 0 aromatic rings. The van der Waals surface area contributed by atoms with E-state index in [0.29, 0.717) is 16.8 Å². The van der Waals surface area contributed by atoms with Gasteiger partial charge in [-0.2, -0.15) is 0 Å². The zero-order chi connectivity index (χ0) is 16.1. The Bertz CT molecular complexity index is 204. The lowest BCUT2D eigenvalue weighted by molar-refractivity contribution is 0.201. The van der Waals surface area contributed by atoms with Gasteiger partial charge in [0.25, 0.3) is 0 Å². The average molecular weight is 520 g/mol. The van der Waals surface area contributed by atoms with Crippen molar-refractivity contribution in [1.29, 1.82) is 0 Å². The Morgan fingerprint density at radius 3 is 1.29 bits per heavy atom. The molecule has 2 heteroatoms. The van der Waals surface area contributed by atoms with Crippen LogP contribution in [0.25, 0.3) is 0 Å². The van der Waals surface area contributed by atoms with E-state index in [-0.39, 0.29) is 0 Å². The van der Waals surface area contributed by atoms with Crippen molar-refractivity contribution in [2.24, 2.45) is 23.7 Å². The van der Waals surface area contributed by atoms with E-state index in [9.17, 15) is 0 Å². The predicted molar refractivity (Wildman–Crippen MR) is 118 cm³/mol. The highest BCUT2D eigenvalue weighted by atomic mass is 128. The Morgan fingerprint density at radius 1 is 0.810 bits per heavy atom. The second kappa shape index (κ2) is 14.9. The van der Waals surface area contributed by atoms with Crippen LogP contribution in [0.2, 0.25) is 0 Å². The molecule has 0 heterocycles.